The van der Waals surface area contributed by atoms with Gasteiger partial charge in [0.05, 0.1) is 0 Å². The van der Waals surface area contributed by atoms with Gasteiger partial charge in [0.25, 0.3) is 5.91 Å². The normalized spacial score (nSPS) is 14.2. The van der Waals surface area contributed by atoms with E-state index < -0.39 is 0 Å². The predicted octanol–water partition coefficient (Wildman–Crippen LogP) is 4.24. The van der Waals surface area contributed by atoms with E-state index in [1.54, 1.807) is 36.5 Å². The third kappa shape index (κ3) is 5.86. The summed E-state index contributed by atoms with van der Waals surface area (Å²) in [5, 5.41) is 6.22. The Bertz CT molecular complexity index is 1020. The molecular weight excluding hydrogens is 393 g/mol. The van der Waals surface area contributed by atoms with Gasteiger partial charge in [-0.15, -0.1) is 0 Å². The Hall–Kier alpha value is -3.32. The zero-order valence-corrected chi connectivity index (χ0v) is 17.4. The Kier molecular flexibility index (Phi) is 6.84. The second kappa shape index (κ2) is 10.1. The molecule has 1 aromatic heterocycles. The second-order valence-electron chi connectivity index (χ2n) is 7.64. The third-order valence-electron chi connectivity index (χ3n) is 5.32. The topological polar surface area (TPSA) is 70.2 Å². The summed E-state index contributed by atoms with van der Waals surface area (Å²) in [4.78, 5) is 23.7. The summed E-state index contributed by atoms with van der Waals surface area (Å²) in [6.45, 7) is 3.77. The van der Waals surface area contributed by atoms with E-state index in [-0.39, 0.29) is 11.7 Å². The van der Waals surface area contributed by atoms with Crippen molar-refractivity contribution in [3.8, 4) is 11.4 Å². The van der Waals surface area contributed by atoms with Crippen molar-refractivity contribution in [1.29, 1.82) is 0 Å². The summed E-state index contributed by atoms with van der Waals surface area (Å²) >= 11 is 0. The molecule has 0 radical (unpaired) electrons. The van der Waals surface area contributed by atoms with Gasteiger partial charge in [0.15, 0.2) is 5.82 Å². The fourth-order valence-electron chi connectivity index (χ4n) is 3.67. The van der Waals surface area contributed by atoms with Gasteiger partial charge in [0.1, 0.15) is 11.6 Å². The fraction of sp³-hybridized carbons (Fsp3) is 0.292. The highest BCUT2D eigenvalue weighted by molar-refractivity contribution is 5.95. The molecule has 0 aliphatic carbocycles. The number of hydrogen-bond acceptors (Lipinski definition) is 5. The molecule has 0 unspecified atom stereocenters. The van der Waals surface area contributed by atoms with Crippen molar-refractivity contribution in [3.05, 3.63) is 72.2 Å². The van der Waals surface area contributed by atoms with Gasteiger partial charge in [-0.05, 0) is 74.5 Å². The molecule has 31 heavy (non-hydrogen) atoms. The summed E-state index contributed by atoms with van der Waals surface area (Å²) in [5.74, 6) is 0.702. The van der Waals surface area contributed by atoms with Crippen LogP contribution in [-0.2, 0) is 0 Å². The Morgan fingerprint density at radius 1 is 1.03 bits per heavy atom. The molecule has 3 aromatic rings. The average Bonchev–Trinajstić information content (AvgIpc) is 2.80. The van der Waals surface area contributed by atoms with Gasteiger partial charge in [-0.25, -0.2) is 14.4 Å². The maximum absolute atomic E-state index is 13.2. The number of halogens is 1. The van der Waals surface area contributed by atoms with E-state index in [9.17, 15) is 9.18 Å². The van der Waals surface area contributed by atoms with Crippen LogP contribution in [0.15, 0.2) is 60.8 Å². The van der Waals surface area contributed by atoms with Crippen molar-refractivity contribution in [1.82, 2.24) is 20.2 Å². The molecular formula is C24H26FN5O. The monoisotopic (exact) mass is 419 g/mol. The van der Waals surface area contributed by atoms with Crippen molar-refractivity contribution in [2.45, 2.75) is 19.3 Å². The van der Waals surface area contributed by atoms with Gasteiger partial charge in [-0.3, -0.25) is 4.79 Å². The standard InChI is InChI=1S/C24H26FN5O/c25-20-9-7-18(8-10-20)23-26-12-11-22(29-23)28-21-6-4-5-19(17-21)24(31)27-13-16-30-14-2-1-3-15-30/h4-12,17H,1-3,13-16H2,(H,27,31)(H,26,28,29). The summed E-state index contributed by atoms with van der Waals surface area (Å²) in [6, 6.07) is 15.1. The van der Waals surface area contributed by atoms with Crippen LogP contribution in [0.5, 0.6) is 0 Å². The Labute approximate surface area is 181 Å². The number of nitrogens with zero attached hydrogens (tertiary/aromatic N) is 3. The smallest absolute Gasteiger partial charge is 0.251 e. The van der Waals surface area contributed by atoms with Gasteiger partial charge in [0, 0.05) is 36.1 Å². The molecule has 160 valence electrons. The minimum atomic E-state index is -0.302. The van der Waals surface area contributed by atoms with Crippen LogP contribution < -0.4 is 10.6 Å². The van der Waals surface area contributed by atoms with Gasteiger partial charge in [0.2, 0.25) is 0 Å². The molecule has 4 rings (SSSR count). The first-order valence-electron chi connectivity index (χ1n) is 10.6. The predicted molar refractivity (Wildman–Crippen MR) is 120 cm³/mol. The molecule has 2 N–H and O–H groups in total. The SMILES string of the molecule is O=C(NCCN1CCCCC1)c1cccc(Nc2ccnc(-c3ccc(F)cc3)n2)c1. The summed E-state index contributed by atoms with van der Waals surface area (Å²) in [6.07, 6.45) is 5.44. The van der Waals surface area contributed by atoms with E-state index in [0.29, 0.717) is 23.8 Å². The number of amides is 1. The van der Waals surface area contributed by atoms with Crippen molar-refractivity contribution in [2.75, 3.05) is 31.5 Å². The highest BCUT2D eigenvalue weighted by atomic mass is 19.1. The van der Waals surface area contributed by atoms with Crippen LogP contribution in [0, 0.1) is 5.82 Å². The number of likely N-dealkylation sites (tertiary alicyclic amines) is 1. The van der Waals surface area contributed by atoms with E-state index in [0.717, 1.165) is 30.9 Å². The zero-order chi connectivity index (χ0) is 21.5. The number of anilines is 2. The van der Waals surface area contributed by atoms with Crippen LogP contribution in [0.3, 0.4) is 0 Å². The summed E-state index contributed by atoms with van der Waals surface area (Å²) < 4.78 is 13.2. The number of piperidine rings is 1. The number of carbonyl (C=O) groups excluding carboxylic acids is 1. The van der Waals surface area contributed by atoms with E-state index >= 15 is 0 Å². The lowest BCUT2D eigenvalue weighted by Gasteiger charge is -2.26. The van der Waals surface area contributed by atoms with Crippen molar-refractivity contribution >= 4 is 17.4 Å². The van der Waals surface area contributed by atoms with Gasteiger partial charge in [-0.1, -0.05) is 12.5 Å². The van der Waals surface area contributed by atoms with Crippen molar-refractivity contribution < 1.29 is 9.18 Å². The third-order valence-corrected chi connectivity index (χ3v) is 5.32. The number of rotatable bonds is 7. The van der Waals surface area contributed by atoms with Gasteiger partial charge < -0.3 is 15.5 Å². The molecule has 7 heteroatoms. The number of nitrogens with one attached hydrogen (secondary N) is 2. The average molecular weight is 420 g/mol. The minimum Gasteiger partial charge on any atom is -0.351 e. The molecule has 2 heterocycles. The van der Waals surface area contributed by atoms with Crippen LogP contribution in [0.25, 0.3) is 11.4 Å². The van der Waals surface area contributed by atoms with E-state index in [4.69, 9.17) is 0 Å². The van der Waals surface area contributed by atoms with E-state index in [1.165, 1.54) is 31.4 Å². The molecule has 6 nitrogen and oxygen atoms in total. The van der Waals surface area contributed by atoms with Crippen LogP contribution in [-0.4, -0.2) is 47.0 Å². The number of benzene rings is 2. The summed E-state index contributed by atoms with van der Waals surface area (Å²) in [5.41, 5.74) is 2.08. The van der Waals surface area contributed by atoms with Crippen LogP contribution >= 0.6 is 0 Å². The lowest BCUT2D eigenvalue weighted by atomic mass is 10.1. The largest absolute Gasteiger partial charge is 0.351 e. The molecule has 2 aromatic carbocycles. The highest BCUT2D eigenvalue weighted by Crippen LogP contribution is 2.20. The van der Waals surface area contributed by atoms with Crippen LogP contribution in [0.4, 0.5) is 15.9 Å². The first kappa shape index (κ1) is 20.9. The van der Waals surface area contributed by atoms with Crippen molar-refractivity contribution in [3.63, 3.8) is 0 Å². The molecule has 1 aliphatic rings. The van der Waals surface area contributed by atoms with Crippen LogP contribution in [0.1, 0.15) is 29.6 Å². The molecule has 1 saturated heterocycles. The molecule has 0 bridgehead atoms. The first-order chi connectivity index (χ1) is 15.2. The second-order valence-corrected chi connectivity index (χ2v) is 7.64. The number of aromatic nitrogens is 2. The zero-order valence-electron chi connectivity index (χ0n) is 17.4. The fourth-order valence-corrected chi connectivity index (χ4v) is 3.67. The van der Waals surface area contributed by atoms with Crippen molar-refractivity contribution in [2.24, 2.45) is 0 Å². The highest BCUT2D eigenvalue weighted by Gasteiger charge is 2.11. The molecule has 1 amide bonds. The Morgan fingerprint density at radius 2 is 1.84 bits per heavy atom. The Balaban J connectivity index is 1.37. The van der Waals surface area contributed by atoms with E-state index in [2.05, 4.69) is 25.5 Å². The maximum atomic E-state index is 13.2. The number of carbonyl (C=O) groups is 1. The lowest BCUT2D eigenvalue weighted by molar-refractivity contribution is 0.0946. The molecule has 1 fully saturated rings. The Morgan fingerprint density at radius 3 is 2.65 bits per heavy atom. The molecule has 0 saturated carbocycles. The number of hydrogen-bond donors (Lipinski definition) is 2. The molecule has 1 aliphatic heterocycles. The maximum Gasteiger partial charge on any atom is 0.251 e. The van der Waals surface area contributed by atoms with E-state index in [1.807, 2.05) is 12.1 Å². The molecule has 0 atom stereocenters. The molecule has 0 spiro atoms. The van der Waals surface area contributed by atoms with Crippen LogP contribution in [0.2, 0.25) is 0 Å². The summed E-state index contributed by atoms with van der Waals surface area (Å²) in [7, 11) is 0. The first-order valence-corrected chi connectivity index (χ1v) is 10.6. The minimum absolute atomic E-state index is 0.0876. The van der Waals surface area contributed by atoms with Gasteiger partial charge in [-0.2, -0.15) is 0 Å². The quantitative estimate of drug-likeness (QED) is 0.599. The lowest BCUT2D eigenvalue weighted by Crippen LogP contribution is -2.37. The van der Waals surface area contributed by atoms with Gasteiger partial charge >= 0.3 is 0 Å².